The first-order valence-corrected chi connectivity index (χ1v) is 8.75. The van der Waals surface area contributed by atoms with Crippen molar-refractivity contribution in [1.29, 1.82) is 0 Å². The van der Waals surface area contributed by atoms with Gasteiger partial charge in [-0.1, -0.05) is 36.2 Å². The van der Waals surface area contributed by atoms with Crippen LogP contribution >= 0.6 is 23.2 Å². The number of aryl methyl sites for hydroxylation is 1. The van der Waals surface area contributed by atoms with Gasteiger partial charge in [0.15, 0.2) is 11.5 Å². The average Bonchev–Trinajstić information content (AvgIpc) is 2.65. The first-order valence-electron chi connectivity index (χ1n) is 7.99. The summed E-state index contributed by atoms with van der Waals surface area (Å²) in [6.45, 7) is 1.84. The van der Waals surface area contributed by atoms with Crippen LogP contribution in [0.2, 0.25) is 10.0 Å². The van der Waals surface area contributed by atoms with Crippen LogP contribution in [-0.2, 0) is 12.6 Å². The molecule has 28 heavy (non-hydrogen) atoms. The lowest BCUT2D eigenvalue weighted by Crippen LogP contribution is -2.21. The summed E-state index contributed by atoms with van der Waals surface area (Å²) >= 11 is 11.6. The normalized spacial score (nSPS) is 11.5. The van der Waals surface area contributed by atoms with Gasteiger partial charge in [-0.05, 0) is 30.7 Å². The van der Waals surface area contributed by atoms with Crippen LogP contribution in [0, 0.1) is 0 Å². The van der Waals surface area contributed by atoms with Crippen molar-refractivity contribution >= 4 is 23.2 Å². The topological polar surface area (TPSA) is 67.9 Å². The van der Waals surface area contributed by atoms with E-state index in [4.69, 9.17) is 27.9 Å². The number of benzene rings is 1. The minimum atomic E-state index is -4.93. The van der Waals surface area contributed by atoms with Gasteiger partial charge in [-0.3, -0.25) is 4.79 Å². The van der Waals surface area contributed by atoms with Gasteiger partial charge in [0.1, 0.15) is 11.4 Å². The summed E-state index contributed by atoms with van der Waals surface area (Å²) in [5, 5.41) is 0.253. The van der Waals surface area contributed by atoms with E-state index >= 15 is 0 Å². The molecule has 0 atom stereocenters. The van der Waals surface area contributed by atoms with Gasteiger partial charge in [0.05, 0.1) is 10.0 Å². The van der Waals surface area contributed by atoms with Crippen LogP contribution in [0.25, 0.3) is 11.5 Å². The molecule has 10 heteroatoms. The van der Waals surface area contributed by atoms with Crippen molar-refractivity contribution in [3.05, 3.63) is 68.2 Å². The number of hydrogen-bond donors (Lipinski definition) is 1. The Hall–Kier alpha value is -2.58. The fourth-order valence-corrected chi connectivity index (χ4v) is 2.63. The summed E-state index contributed by atoms with van der Waals surface area (Å²) in [5.74, 6) is -1.40. The van der Waals surface area contributed by atoms with Crippen LogP contribution in [0.15, 0.2) is 41.2 Å². The quantitative estimate of drug-likeness (QED) is 0.593. The molecule has 0 saturated carbocycles. The van der Waals surface area contributed by atoms with Crippen molar-refractivity contribution in [2.45, 2.75) is 19.5 Å². The molecule has 0 aliphatic carbocycles. The molecular formula is C18H12Cl2F3N3O2. The highest BCUT2D eigenvalue weighted by atomic mass is 35.5. The van der Waals surface area contributed by atoms with E-state index in [0.717, 1.165) is 0 Å². The second kappa shape index (κ2) is 7.81. The lowest BCUT2D eigenvalue weighted by atomic mass is 10.2. The molecule has 0 aliphatic heterocycles. The molecular weight excluding hydrogens is 418 g/mol. The Labute approximate surface area is 167 Å². The van der Waals surface area contributed by atoms with Crippen molar-refractivity contribution in [2.75, 3.05) is 0 Å². The van der Waals surface area contributed by atoms with Gasteiger partial charge in [-0.15, -0.1) is 0 Å². The zero-order chi connectivity index (χ0) is 20.5. The second-order valence-corrected chi connectivity index (χ2v) is 6.45. The van der Waals surface area contributed by atoms with Crippen molar-refractivity contribution in [1.82, 2.24) is 15.0 Å². The molecule has 146 valence electrons. The van der Waals surface area contributed by atoms with Crippen LogP contribution in [0.1, 0.15) is 18.3 Å². The number of halogens is 5. The molecule has 1 aromatic carbocycles. The Kier molecular flexibility index (Phi) is 5.62. The van der Waals surface area contributed by atoms with E-state index in [9.17, 15) is 18.0 Å². The highest BCUT2D eigenvalue weighted by Crippen LogP contribution is 2.36. The molecule has 2 aromatic heterocycles. The summed E-state index contributed by atoms with van der Waals surface area (Å²) in [7, 11) is 0. The molecule has 0 unspecified atom stereocenters. The Balaban J connectivity index is 2.12. The Morgan fingerprint density at radius 1 is 1.11 bits per heavy atom. The summed E-state index contributed by atoms with van der Waals surface area (Å²) in [6.07, 6.45) is -4.36. The number of hydrogen-bond acceptors (Lipinski definition) is 4. The van der Waals surface area contributed by atoms with Crippen molar-refractivity contribution in [3.8, 4) is 23.0 Å². The molecule has 2 heterocycles. The van der Waals surface area contributed by atoms with Gasteiger partial charge < -0.3 is 9.72 Å². The predicted molar refractivity (Wildman–Crippen MR) is 99.0 cm³/mol. The van der Waals surface area contributed by atoms with Gasteiger partial charge in [0, 0.05) is 11.8 Å². The van der Waals surface area contributed by atoms with Crippen LogP contribution in [0.3, 0.4) is 0 Å². The number of nitrogens with zero attached hydrogens (tertiary/aromatic N) is 2. The molecule has 0 spiro atoms. The van der Waals surface area contributed by atoms with Crippen LogP contribution in [0.4, 0.5) is 13.2 Å². The van der Waals surface area contributed by atoms with E-state index in [-0.39, 0.29) is 27.3 Å². The van der Waals surface area contributed by atoms with E-state index in [1.165, 1.54) is 24.3 Å². The molecule has 0 radical (unpaired) electrons. The van der Waals surface area contributed by atoms with Crippen molar-refractivity contribution < 1.29 is 17.9 Å². The number of alkyl halides is 3. The van der Waals surface area contributed by atoms with Crippen molar-refractivity contribution in [2.24, 2.45) is 0 Å². The molecule has 0 aliphatic rings. The number of aromatic amines is 1. The monoisotopic (exact) mass is 429 g/mol. The zero-order valence-electron chi connectivity index (χ0n) is 14.3. The molecule has 3 rings (SSSR count). The summed E-state index contributed by atoms with van der Waals surface area (Å²) < 4.78 is 45.8. The van der Waals surface area contributed by atoms with Crippen LogP contribution in [0.5, 0.6) is 11.5 Å². The number of aromatic nitrogens is 3. The lowest BCUT2D eigenvalue weighted by molar-refractivity contribution is -0.142. The van der Waals surface area contributed by atoms with Gasteiger partial charge in [-0.2, -0.15) is 13.2 Å². The number of rotatable bonds is 4. The van der Waals surface area contributed by atoms with E-state index in [2.05, 4.69) is 15.0 Å². The smallest absolute Gasteiger partial charge is 0.437 e. The minimum Gasteiger partial charge on any atom is -0.449 e. The van der Waals surface area contributed by atoms with E-state index in [1.807, 2.05) is 6.92 Å². The minimum absolute atomic E-state index is 0.0642. The number of pyridine rings is 1. The molecule has 0 amide bonds. The third-order valence-electron chi connectivity index (χ3n) is 3.67. The maximum atomic E-state index is 13.6. The van der Waals surface area contributed by atoms with Crippen LogP contribution < -0.4 is 10.3 Å². The highest BCUT2D eigenvalue weighted by molar-refractivity contribution is 6.42. The van der Waals surface area contributed by atoms with Gasteiger partial charge in [0.25, 0.3) is 5.56 Å². The maximum Gasteiger partial charge on any atom is 0.437 e. The molecule has 5 nitrogen and oxygen atoms in total. The highest BCUT2D eigenvalue weighted by Gasteiger charge is 2.39. The number of nitrogens with one attached hydrogen (secondary N) is 1. The van der Waals surface area contributed by atoms with E-state index in [0.29, 0.717) is 12.1 Å². The largest absolute Gasteiger partial charge is 0.449 e. The number of ether oxygens (including phenoxy) is 1. The fourth-order valence-electron chi connectivity index (χ4n) is 2.34. The first kappa shape index (κ1) is 20.2. The summed E-state index contributed by atoms with van der Waals surface area (Å²) in [4.78, 5) is 22.4. The van der Waals surface area contributed by atoms with Gasteiger partial charge in [0.2, 0.25) is 5.75 Å². The Morgan fingerprint density at radius 2 is 1.86 bits per heavy atom. The van der Waals surface area contributed by atoms with Gasteiger partial charge >= 0.3 is 6.18 Å². The first-order chi connectivity index (χ1) is 13.2. The van der Waals surface area contributed by atoms with E-state index < -0.39 is 23.2 Å². The second-order valence-electron chi connectivity index (χ2n) is 5.64. The molecule has 0 bridgehead atoms. The maximum absolute atomic E-state index is 13.6. The lowest BCUT2D eigenvalue weighted by Gasteiger charge is -2.14. The fraction of sp³-hybridized carbons (Fsp3) is 0.167. The molecule has 0 saturated heterocycles. The molecule has 3 aromatic rings. The SMILES string of the molecule is CCc1cccc(-c2nc(C(F)(F)F)c(Oc3ccc(Cl)c(Cl)c3)c(=O)[nH]2)n1. The standard InChI is InChI=1S/C18H12Cl2F3N3O2/c1-2-9-4-3-5-13(24-9)16-25-15(18(21,22)23)14(17(27)26-16)28-10-6-7-11(19)12(20)8-10/h3-8H,2H2,1H3,(H,25,26,27). The van der Waals surface area contributed by atoms with Crippen LogP contribution in [-0.4, -0.2) is 15.0 Å². The Morgan fingerprint density at radius 3 is 2.50 bits per heavy atom. The summed E-state index contributed by atoms with van der Waals surface area (Å²) in [6, 6.07) is 8.61. The Bertz CT molecular complexity index is 1080. The third kappa shape index (κ3) is 4.28. The molecule has 0 fully saturated rings. The average molecular weight is 430 g/mol. The van der Waals surface area contributed by atoms with Crippen molar-refractivity contribution in [3.63, 3.8) is 0 Å². The molecule has 1 N–H and O–H groups in total. The predicted octanol–water partition coefficient (Wildman–Crippen LogP) is 5.51. The third-order valence-corrected chi connectivity index (χ3v) is 4.41. The van der Waals surface area contributed by atoms with E-state index in [1.54, 1.807) is 12.1 Å². The zero-order valence-corrected chi connectivity index (χ0v) is 15.8. The number of H-pyrrole nitrogens is 1. The summed E-state index contributed by atoms with van der Waals surface area (Å²) in [5.41, 5.74) is -1.82. The van der Waals surface area contributed by atoms with Gasteiger partial charge in [-0.25, -0.2) is 9.97 Å².